The lowest BCUT2D eigenvalue weighted by Gasteiger charge is -2.10. The second-order valence-electron chi connectivity index (χ2n) is 4.35. The molecule has 2 N–H and O–H groups in total. The summed E-state index contributed by atoms with van der Waals surface area (Å²) in [6, 6.07) is 5.24. The molecule has 0 aliphatic carbocycles. The van der Waals surface area contributed by atoms with Gasteiger partial charge >= 0.3 is 6.03 Å². The topological polar surface area (TPSA) is 88.4 Å². The molecule has 0 radical (unpaired) electrons. The number of fused-ring (bicyclic) bond motifs is 1. The molecular weight excluding hydrogens is 268 g/mol. The number of nitrogens with one attached hydrogen (secondary N) is 2. The number of hydrogen-bond donors (Lipinski definition) is 2. The van der Waals surface area contributed by atoms with Crippen molar-refractivity contribution < 1.29 is 17.6 Å². The van der Waals surface area contributed by atoms with Crippen molar-refractivity contribution in [2.45, 2.75) is 24.8 Å². The average molecular weight is 282 g/mol. The minimum atomic E-state index is -3.90. The molecule has 1 heterocycles. The summed E-state index contributed by atoms with van der Waals surface area (Å²) in [7, 11) is -3.90. The molecule has 1 aromatic carbocycles. The summed E-state index contributed by atoms with van der Waals surface area (Å²) in [5, 5.41) is 3.24. The minimum Gasteiger partial charge on any atom is -0.464 e. The maximum atomic E-state index is 12.0. The monoisotopic (exact) mass is 282 g/mol. The van der Waals surface area contributed by atoms with Gasteiger partial charge in [-0.1, -0.05) is 0 Å². The van der Waals surface area contributed by atoms with E-state index in [1.807, 2.05) is 4.72 Å². The van der Waals surface area contributed by atoms with Gasteiger partial charge < -0.3 is 9.73 Å². The van der Waals surface area contributed by atoms with Gasteiger partial charge in [0.05, 0.1) is 11.2 Å². The number of carbonyl (C=O) groups excluding carboxylic acids is 1. The maximum Gasteiger partial charge on any atom is 0.328 e. The quantitative estimate of drug-likeness (QED) is 0.899. The van der Waals surface area contributed by atoms with Crippen molar-refractivity contribution >= 4 is 27.0 Å². The van der Waals surface area contributed by atoms with Crippen LogP contribution in [0.2, 0.25) is 0 Å². The first-order valence-electron chi connectivity index (χ1n) is 5.69. The number of benzene rings is 1. The molecule has 0 aliphatic rings. The van der Waals surface area contributed by atoms with E-state index < -0.39 is 16.1 Å². The molecule has 19 heavy (non-hydrogen) atoms. The van der Waals surface area contributed by atoms with Crippen LogP contribution in [0.3, 0.4) is 0 Å². The van der Waals surface area contributed by atoms with Crippen LogP contribution in [0, 0.1) is 0 Å². The lowest BCUT2D eigenvalue weighted by atomic mass is 10.3. The summed E-state index contributed by atoms with van der Waals surface area (Å²) in [6.07, 6.45) is 1.47. The highest BCUT2D eigenvalue weighted by molar-refractivity contribution is 7.90. The summed E-state index contributed by atoms with van der Waals surface area (Å²) in [6.45, 7) is 3.47. The number of furan rings is 1. The number of sulfonamides is 1. The largest absolute Gasteiger partial charge is 0.464 e. The first-order valence-corrected chi connectivity index (χ1v) is 7.17. The predicted octanol–water partition coefficient (Wildman–Crippen LogP) is 1.83. The summed E-state index contributed by atoms with van der Waals surface area (Å²) in [4.78, 5) is 11.4. The van der Waals surface area contributed by atoms with Crippen LogP contribution >= 0.6 is 0 Å². The van der Waals surface area contributed by atoms with Crippen LogP contribution in [0.15, 0.2) is 39.8 Å². The molecule has 1 aromatic heterocycles. The van der Waals surface area contributed by atoms with Crippen molar-refractivity contribution in [3.8, 4) is 0 Å². The number of rotatable bonds is 3. The van der Waals surface area contributed by atoms with E-state index >= 15 is 0 Å². The van der Waals surface area contributed by atoms with Gasteiger partial charge in [0.2, 0.25) is 0 Å². The van der Waals surface area contributed by atoms with E-state index in [0.29, 0.717) is 5.58 Å². The van der Waals surface area contributed by atoms with Crippen LogP contribution in [0.1, 0.15) is 13.8 Å². The molecule has 0 saturated carbocycles. The molecule has 6 nitrogen and oxygen atoms in total. The van der Waals surface area contributed by atoms with Gasteiger partial charge in [0.15, 0.2) is 0 Å². The van der Waals surface area contributed by atoms with Crippen LogP contribution in [0.4, 0.5) is 4.79 Å². The Morgan fingerprint density at radius 1 is 1.26 bits per heavy atom. The van der Waals surface area contributed by atoms with Crippen molar-refractivity contribution in [1.82, 2.24) is 10.0 Å². The van der Waals surface area contributed by atoms with Gasteiger partial charge in [-0.3, -0.25) is 0 Å². The van der Waals surface area contributed by atoms with Crippen molar-refractivity contribution in [3.05, 3.63) is 30.5 Å². The highest BCUT2D eigenvalue weighted by Gasteiger charge is 2.18. The number of carbonyl (C=O) groups is 1. The fourth-order valence-electron chi connectivity index (χ4n) is 1.57. The molecule has 0 bridgehead atoms. The summed E-state index contributed by atoms with van der Waals surface area (Å²) in [5.41, 5.74) is 0.451. The standard InChI is InChI=1S/C12H14N2O4S/c1-8(2)13-12(15)14-19(16,17)10-4-3-9-5-6-18-11(9)7-10/h3-8H,1-2H3,(H2,13,14,15). The van der Waals surface area contributed by atoms with Crippen LogP contribution < -0.4 is 10.0 Å². The molecule has 2 aromatic rings. The van der Waals surface area contributed by atoms with Gasteiger partial charge in [0.25, 0.3) is 10.0 Å². The van der Waals surface area contributed by atoms with E-state index in [9.17, 15) is 13.2 Å². The molecule has 0 fully saturated rings. The van der Waals surface area contributed by atoms with Crippen LogP contribution in [0.5, 0.6) is 0 Å². The smallest absolute Gasteiger partial charge is 0.328 e. The SMILES string of the molecule is CC(C)NC(=O)NS(=O)(=O)c1ccc2ccoc2c1. The fraction of sp³-hybridized carbons (Fsp3) is 0.250. The van der Waals surface area contributed by atoms with E-state index in [0.717, 1.165) is 5.39 Å². The Kier molecular flexibility index (Phi) is 3.48. The Hall–Kier alpha value is -2.02. The second kappa shape index (κ2) is 4.93. The number of amides is 2. The summed E-state index contributed by atoms with van der Waals surface area (Å²) < 4.78 is 31.0. The van der Waals surface area contributed by atoms with Crippen molar-refractivity contribution in [1.29, 1.82) is 0 Å². The average Bonchev–Trinajstić information content (AvgIpc) is 2.73. The Bertz CT molecular complexity index is 703. The van der Waals surface area contributed by atoms with Gasteiger partial charge in [-0.2, -0.15) is 0 Å². The minimum absolute atomic E-state index is 0.0196. The Labute approximate surface area is 110 Å². The molecule has 0 atom stereocenters. The fourth-order valence-corrected chi connectivity index (χ4v) is 2.51. The zero-order valence-corrected chi connectivity index (χ0v) is 11.3. The molecule has 2 rings (SSSR count). The lowest BCUT2D eigenvalue weighted by molar-refractivity contribution is 0.243. The van der Waals surface area contributed by atoms with Crippen LogP contribution in [-0.4, -0.2) is 20.5 Å². The lowest BCUT2D eigenvalue weighted by Crippen LogP contribution is -2.42. The van der Waals surface area contributed by atoms with E-state index in [4.69, 9.17) is 4.42 Å². The third-order valence-electron chi connectivity index (χ3n) is 2.38. The van der Waals surface area contributed by atoms with Crippen molar-refractivity contribution in [2.75, 3.05) is 0 Å². The first kappa shape index (κ1) is 13.4. The molecule has 2 amide bonds. The highest BCUT2D eigenvalue weighted by atomic mass is 32.2. The molecule has 7 heteroatoms. The zero-order chi connectivity index (χ0) is 14.0. The van der Waals surface area contributed by atoms with E-state index in [1.54, 1.807) is 26.0 Å². The van der Waals surface area contributed by atoms with Gasteiger partial charge in [0, 0.05) is 17.5 Å². The Balaban J connectivity index is 2.25. The van der Waals surface area contributed by atoms with Gasteiger partial charge in [-0.15, -0.1) is 0 Å². The normalized spacial score (nSPS) is 11.7. The molecule has 0 spiro atoms. The molecule has 0 saturated heterocycles. The Morgan fingerprint density at radius 2 is 2.00 bits per heavy atom. The Morgan fingerprint density at radius 3 is 2.68 bits per heavy atom. The van der Waals surface area contributed by atoms with Crippen molar-refractivity contribution in [2.24, 2.45) is 0 Å². The molecular formula is C12H14N2O4S. The second-order valence-corrected chi connectivity index (χ2v) is 6.04. The van der Waals surface area contributed by atoms with Gasteiger partial charge in [-0.05, 0) is 32.0 Å². The van der Waals surface area contributed by atoms with E-state index in [-0.39, 0.29) is 10.9 Å². The van der Waals surface area contributed by atoms with E-state index in [2.05, 4.69) is 5.32 Å². The van der Waals surface area contributed by atoms with E-state index in [1.165, 1.54) is 18.4 Å². The maximum absolute atomic E-state index is 12.0. The van der Waals surface area contributed by atoms with Crippen LogP contribution in [0.25, 0.3) is 11.0 Å². The third kappa shape index (κ3) is 3.05. The van der Waals surface area contributed by atoms with Crippen LogP contribution in [-0.2, 0) is 10.0 Å². The van der Waals surface area contributed by atoms with Crippen molar-refractivity contribution in [3.63, 3.8) is 0 Å². The molecule has 0 unspecified atom stereocenters. The third-order valence-corrected chi connectivity index (χ3v) is 3.71. The summed E-state index contributed by atoms with van der Waals surface area (Å²) in [5.74, 6) is 0. The van der Waals surface area contributed by atoms with Gasteiger partial charge in [-0.25, -0.2) is 17.9 Å². The number of urea groups is 1. The molecule has 102 valence electrons. The predicted molar refractivity (Wildman–Crippen MR) is 70.2 cm³/mol. The first-order chi connectivity index (χ1) is 8.88. The highest BCUT2D eigenvalue weighted by Crippen LogP contribution is 2.19. The summed E-state index contributed by atoms with van der Waals surface area (Å²) >= 11 is 0. The molecule has 0 aliphatic heterocycles. The van der Waals surface area contributed by atoms with Gasteiger partial charge in [0.1, 0.15) is 5.58 Å². The number of hydrogen-bond acceptors (Lipinski definition) is 4. The zero-order valence-electron chi connectivity index (χ0n) is 10.5.